The predicted octanol–water partition coefficient (Wildman–Crippen LogP) is 3.34. The molecule has 24 heavy (non-hydrogen) atoms. The van der Waals surface area contributed by atoms with E-state index in [2.05, 4.69) is 29.5 Å². The zero-order valence-electron chi connectivity index (χ0n) is 13.9. The maximum absolute atomic E-state index is 13.0. The van der Waals surface area contributed by atoms with Crippen molar-refractivity contribution >= 4 is 17.2 Å². The Morgan fingerprint density at radius 2 is 2.04 bits per heavy atom. The summed E-state index contributed by atoms with van der Waals surface area (Å²) in [6.07, 6.45) is 1.91. The molecule has 2 aromatic rings. The van der Waals surface area contributed by atoms with Crippen molar-refractivity contribution < 1.29 is 9.18 Å². The third kappa shape index (κ3) is 3.21. The summed E-state index contributed by atoms with van der Waals surface area (Å²) in [5, 5.41) is 9.21. The van der Waals surface area contributed by atoms with E-state index >= 15 is 0 Å². The number of nitrogens with zero attached hydrogens (tertiary/aromatic N) is 1. The molecule has 4 nitrogen and oxygen atoms in total. The minimum absolute atomic E-state index is 0.0209. The summed E-state index contributed by atoms with van der Waals surface area (Å²) in [7, 11) is 0. The second kappa shape index (κ2) is 6.99. The number of thiazole rings is 1. The monoisotopic (exact) mass is 347 g/mol. The standard InChI is InChI=1S/C18H22FN3OS/c1-3-18(4-2)11-21-16(23)15(18)20-9-14-10-24-17(22-14)12-5-7-13(19)8-6-12/h5-8,10,15,20H,3-4,9,11H2,1-2H3,(H,21,23). The molecule has 1 aromatic carbocycles. The molecule has 1 amide bonds. The van der Waals surface area contributed by atoms with E-state index in [1.54, 1.807) is 12.1 Å². The van der Waals surface area contributed by atoms with E-state index < -0.39 is 0 Å². The molecular weight excluding hydrogens is 325 g/mol. The van der Waals surface area contributed by atoms with Crippen molar-refractivity contribution in [2.45, 2.75) is 39.3 Å². The zero-order valence-corrected chi connectivity index (χ0v) is 14.8. The van der Waals surface area contributed by atoms with Crippen LogP contribution >= 0.6 is 11.3 Å². The second-order valence-electron chi connectivity index (χ2n) is 6.25. The van der Waals surface area contributed by atoms with E-state index in [-0.39, 0.29) is 23.2 Å². The van der Waals surface area contributed by atoms with E-state index in [4.69, 9.17) is 0 Å². The fourth-order valence-corrected chi connectivity index (χ4v) is 4.11. The van der Waals surface area contributed by atoms with Crippen molar-refractivity contribution in [1.82, 2.24) is 15.6 Å². The lowest BCUT2D eigenvalue weighted by molar-refractivity contribution is -0.122. The maximum atomic E-state index is 13.0. The van der Waals surface area contributed by atoms with E-state index in [0.29, 0.717) is 6.54 Å². The quantitative estimate of drug-likeness (QED) is 0.843. The van der Waals surface area contributed by atoms with Gasteiger partial charge in [0.25, 0.3) is 0 Å². The van der Waals surface area contributed by atoms with Crippen LogP contribution in [0.25, 0.3) is 10.6 Å². The molecule has 0 radical (unpaired) electrons. The molecule has 1 fully saturated rings. The van der Waals surface area contributed by atoms with E-state index in [0.717, 1.165) is 35.7 Å². The second-order valence-corrected chi connectivity index (χ2v) is 7.11. The van der Waals surface area contributed by atoms with Crippen LogP contribution in [0.2, 0.25) is 0 Å². The number of hydrogen-bond acceptors (Lipinski definition) is 4. The Morgan fingerprint density at radius 3 is 2.71 bits per heavy atom. The van der Waals surface area contributed by atoms with Gasteiger partial charge in [0.2, 0.25) is 5.91 Å². The molecule has 1 aliphatic heterocycles. The van der Waals surface area contributed by atoms with Gasteiger partial charge >= 0.3 is 0 Å². The van der Waals surface area contributed by atoms with Crippen molar-refractivity contribution in [2.75, 3.05) is 6.54 Å². The van der Waals surface area contributed by atoms with Gasteiger partial charge in [-0.1, -0.05) is 13.8 Å². The first kappa shape index (κ1) is 17.0. The highest BCUT2D eigenvalue weighted by Crippen LogP contribution is 2.34. The molecule has 6 heteroatoms. The average Bonchev–Trinajstić information content (AvgIpc) is 3.19. The van der Waals surface area contributed by atoms with Gasteiger partial charge in [-0.2, -0.15) is 0 Å². The molecule has 0 spiro atoms. The van der Waals surface area contributed by atoms with Crippen LogP contribution in [-0.2, 0) is 11.3 Å². The molecule has 1 atom stereocenters. The first-order chi connectivity index (χ1) is 11.6. The number of amides is 1. The Labute approximate surface area is 145 Å². The summed E-state index contributed by atoms with van der Waals surface area (Å²) in [4.78, 5) is 16.8. The van der Waals surface area contributed by atoms with E-state index in [9.17, 15) is 9.18 Å². The first-order valence-corrected chi connectivity index (χ1v) is 9.17. The molecule has 0 bridgehead atoms. The summed E-state index contributed by atoms with van der Waals surface area (Å²) in [6.45, 7) is 5.55. The van der Waals surface area contributed by atoms with Gasteiger partial charge in [0, 0.05) is 29.4 Å². The van der Waals surface area contributed by atoms with Gasteiger partial charge in [-0.3, -0.25) is 10.1 Å². The van der Waals surface area contributed by atoms with Gasteiger partial charge in [0.05, 0.1) is 11.7 Å². The molecule has 2 N–H and O–H groups in total. The van der Waals surface area contributed by atoms with Crippen LogP contribution in [-0.4, -0.2) is 23.5 Å². The summed E-state index contributed by atoms with van der Waals surface area (Å²) >= 11 is 1.53. The largest absolute Gasteiger partial charge is 0.354 e. The molecule has 1 unspecified atom stereocenters. The van der Waals surface area contributed by atoms with Gasteiger partial charge in [-0.15, -0.1) is 11.3 Å². The number of rotatable bonds is 6. The lowest BCUT2D eigenvalue weighted by Gasteiger charge is -2.31. The van der Waals surface area contributed by atoms with E-state index in [1.165, 1.54) is 23.5 Å². The third-order valence-electron chi connectivity index (χ3n) is 5.03. The van der Waals surface area contributed by atoms with Crippen LogP contribution in [0.1, 0.15) is 32.4 Å². The highest BCUT2D eigenvalue weighted by atomic mass is 32.1. The number of aromatic nitrogens is 1. The number of carbonyl (C=O) groups is 1. The fraction of sp³-hybridized carbons (Fsp3) is 0.444. The average molecular weight is 347 g/mol. The molecule has 2 heterocycles. The fourth-order valence-electron chi connectivity index (χ4n) is 3.28. The smallest absolute Gasteiger partial charge is 0.237 e. The van der Waals surface area contributed by atoms with Gasteiger partial charge in [-0.25, -0.2) is 9.37 Å². The zero-order chi connectivity index (χ0) is 17.2. The highest BCUT2D eigenvalue weighted by molar-refractivity contribution is 7.13. The van der Waals surface area contributed by atoms with Crippen LogP contribution in [0.3, 0.4) is 0 Å². The lowest BCUT2D eigenvalue weighted by Crippen LogP contribution is -2.45. The van der Waals surface area contributed by atoms with Crippen LogP contribution < -0.4 is 10.6 Å². The summed E-state index contributed by atoms with van der Waals surface area (Å²) in [6, 6.07) is 6.16. The van der Waals surface area contributed by atoms with Crippen molar-refractivity contribution in [3.05, 3.63) is 41.2 Å². The number of halogens is 1. The Hall–Kier alpha value is -1.79. The van der Waals surface area contributed by atoms with Crippen LogP contribution in [0.4, 0.5) is 4.39 Å². The van der Waals surface area contributed by atoms with E-state index in [1.807, 2.05) is 5.38 Å². The number of hydrogen-bond donors (Lipinski definition) is 2. The van der Waals surface area contributed by atoms with Crippen molar-refractivity contribution in [3.63, 3.8) is 0 Å². The van der Waals surface area contributed by atoms with Crippen molar-refractivity contribution in [2.24, 2.45) is 5.41 Å². The topological polar surface area (TPSA) is 54.0 Å². The van der Waals surface area contributed by atoms with Crippen molar-refractivity contribution in [3.8, 4) is 10.6 Å². The first-order valence-electron chi connectivity index (χ1n) is 8.29. The Morgan fingerprint density at radius 1 is 1.33 bits per heavy atom. The molecule has 3 rings (SSSR count). The minimum atomic E-state index is -0.250. The summed E-state index contributed by atoms with van der Waals surface area (Å²) in [5.74, 6) is -0.174. The highest BCUT2D eigenvalue weighted by Gasteiger charge is 2.45. The SMILES string of the molecule is CCC1(CC)CNC(=O)C1NCc1csc(-c2ccc(F)cc2)n1. The molecule has 0 aliphatic carbocycles. The van der Waals surface area contributed by atoms with Gasteiger partial charge in [-0.05, 0) is 37.1 Å². The van der Waals surface area contributed by atoms with Crippen LogP contribution in [0, 0.1) is 11.2 Å². The molecule has 1 aliphatic rings. The Kier molecular flexibility index (Phi) is 4.96. The number of benzene rings is 1. The molecule has 1 saturated heterocycles. The van der Waals surface area contributed by atoms with Gasteiger partial charge < -0.3 is 5.32 Å². The maximum Gasteiger partial charge on any atom is 0.237 e. The molecular formula is C18H22FN3OS. The predicted molar refractivity (Wildman–Crippen MR) is 94.2 cm³/mol. The van der Waals surface area contributed by atoms with Crippen LogP contribution in [0.5, 0.6) is 0 Å². The molecule has 1 aromatic heterocycles. The van der Waals surface area contributed by atoms with Crippen LogP contribution in [0.15, 0.2) is 29.6 Å². The summed E-state index contributed by atoms with van der Waals surface area (Å²) in [5.41, 5.74) is 1.79. The van der Waals surface area contributed by atoms with Gasteiger partial charge in [0.15, 0.2) is 0 Å². The Bertz CT molecular complexity index is 709. The lowest BCUT2D eigenvalue weighted by atomic mass is 9.77. The summed E-state index contributed by atoms with van der Waals surface area (Å²) < 4.78 is 13.0. The Balaban J connectivity index is 1.69. The number of carbonyl (C=O) groups excluding carboxylic acids is 1. The minimum Gasteiger partial charge on any atom is -0.354 e. The van der Waals surface area contributed by atoms with Gasteiger partial charge in [0.1, 0.15) is 10.8 Å². The normalized spacial score (nSPS) is 19.5. The molecule has 0 saturated carbocycles. The molecule has 128 valence electrons. The van der Waals surface area contributed by atoms with Crippen molar-refractivity contribution in [1.29, 1.82) is 0 Å². The third-order valence-corrected chi connectivity index (χ3v) is 5.97. The number of nitrogens with one attached hydrogen (secondary N) is 2.